The Hall–Kier alpha value is -0.650. The van der Waals surface area contributed by atoms with Gasteiger partial charge < -0.3 is 15.0 Å². The third-order valence-corrected chi connectivity index (χ3v) is 4.94. The van der Waals surface area contributed by atoms with Gasteiger partial charge in [-0.1, -0.05) is 20.8 Å². The number of ether oxygens (including phenoxy) is 1. The zero-order valence-corrected chi connectivity index (χ0v) is 14.8. The molecular formula is C16H29N3OS. The molecule has 0 amide bonds. The third-order valence-electron chi connectivity index (χ3n) is 3.82. The van der Waals surface area contributed by atoms with E-state index < -0.39 is 0 Å². The highest BCUT2D eigenvalue weighted by Crippen LogP contribution is 2.33. The van der Waals surface area contributed by atoms with Gasteiger partial charge in [0.2, 0.25) is 0 Å². The topological polar surface area (TPSA) is 37.4 Å². The fourth-order valence-corrected chi connectivity index (χ4v) is 3.89. The van der Waals surface area contributed by atoms with E-state index in [2.05, 4.69) is 44.8 Å². The number of nitrogens with zero attached hydrogens (tertiary/aromatic N) is 2. The first-order chi connectivity index (χ1) is 9.94. The Kier molecular flexibility index (Phi) is 5.63. The summed E-state index contributed by atoms with van der Waals surface area (Å²) in [6, 6.07) is 0. The van der Waals surface area contributed by atoms with Crippen molar-refractivity contribution >= 4 is 16.5 Å². The molecule has 120 valence electrons. The van der Waals surface area contributed by atoms with Crippen LogP contribution in [0, 0.1) is 5.92 Å². The second-order valence-corrected chi connectivity index (χ2v) is 7.82. The molecule has 0 atom stereocenters. The van der Waals surface area contributed by atoms with E-state index in [1.165, 1.54) is 10.6 Å². The first kappa shape index (κ1) is 16.7. The van der Waals surface area contributed by atoms with Crippen molar-refractivity contribution in [3.8, 4) is 0 Å². The molecule has 4 nitrogen and oxygen atoms in total. The van der Waals surface area contributed by atoms with Crippen LogP contribution < -0.4 is 10.2 Å². The average molecular weight is 311 g/mol. The van der Waals surface area contributed by atoms with Crippen LogP contribution in [0.3, 0.4) is 0 Å². The average Bonchev–Trinajstić information content (AvgIpc) is 2.80. The molecule has 1 N–H and O–H groups in total. The maximum absolute atomic E-state index is 5.61. The molecule has 1 aliphatic heterocycles. The van der Waals surface area contributed by atoms with Crippen molar-refractivity contribution in [2.45, 2.75) is 53.1 Å². The molecule has 21 heavy (non-hydrogen) atoms. The van der Waals surface area contributed by atoms with Crippen LogP contribution in [0.4, 0.5) is 5.13 Å². The van der Waals surface area contributed by atoms with Gasteiger partial charge in [0, 0.05) is 18.0 Å². The molecule has 2 heterocycles. The number of nitrogens with one attached hydrogen (secondary N) is 1. The van der Waals surface area contributed by atoms with Gasteiger partial charge in [-0.05, 0) is 32.7 Å². The largest absolute Gasteiger partial charge is 0.377 e. The molecule has 0 aliphatic carbocycles. The molecule has 0 unspecified atom stereocenters. The molecule has 1 fully saturated rings. The first-order valence-electron chi connectivity index (χ1n) is 7.98. The van der Waals surface area contributed by atoms with Crippen LogP contribution in [-0.4, -0.2) is 36.8 Å². The molecule has 0 aromatic carbocycles. The standard InChI is InChI=1S/C16H29N3OS/c1-6-13-14(10-17-9-12(2)3)21-15(18-13)19-7-8-20-11-16(19,4)5/h12,17H,6-11H2,1-5H3. The van der Waals surface area contributed by atoms with E-state index in [0.29, 0.717) is 5.92 Å². The summed E-state index contributed by atoms with van der Waals surface area (Å²) in [6.07, 6.45) is 1.000. The monoisotopic (exact) mass is 311 g/mol. The zero-order valence-electron chi connectivity index (χ0n) is 14.0. The molecule has 1 saturated heterocycles. The van der Waals surface area contributed by atoms with Crippen LogP contribution in [0.2, 0.25) is 0 Å². The van der Waals surface area contributed by atoms with Gasteiger partial charge in [0.1, 0.15) is 0 Å². The lowest BCUT2D eigenvalue weighted by atomic mass is 10.0. The highest BCUT2D eigenvalue weighted by molar-refractivity contribution is 7.15. The number of thiazole rings is 1. The number of aryl methyl sites for hydroxylation is 1. The van der Waals surface area contributed by atoms with E-state index in [1.807, 2.05) is 11.3 Å². The highest BCUT2D eigenvalue weighted by Gasteiger charge is 2.33. The summed E-state index contributed by atoms with van der Waals surface area (Å²) >= 11 is 1.84. The second-order valence-electron chi connectivity index (χ2n) is 6.76. The molecule has 0 saturated carbocycles. The van der Waals surface area contributed by atoms with Crippen molar-refractivity contribution in [2.24, 2.45) is 5.92 Å². The van der Waals surface area contributed by atoms with Gasteiger partial charge in [-0.25, -0.2) is 4.98 Å². The lowest BCUT2D eigenvalue weighted by Crippen LogP contribution is -2.53. The van der Waals surface area contributed by atoms with Crippen LogP contribution in [0.25, 0.3) is 0 Å². The van der Waals surface area contributed by atoms with Gasteiger partial charge in [0.05, 0.1) is 24.4 Å². The fourth-order valence-electron chi connectivity index (χ4n) is 2.59. The third kappa shape index (κ3) is 4.18. The molecule has 2 rings (SSSR count). The Bertz CT molecular complexity index is 456. The van der Waals surface area contributed by atoms with Gasteiger partial charge in [-0.2, -0.15) is 0 Å². The van der Waals surface area contributed by atoms with Gasteiger partial charge in [-0.3, -0.25) is 0 Å². The zero-order chi connectivity index (χ0) is 15.5. The Labute approximate surface area is 132 Å². The number of hydrogen-bond donors (Lipinski definition) is 1. The van der Waals surface area contributed by atoms with E-state index in [9.17, 15) is 0 Å². The van der Waals surface area contributed by atoms with Gasteiger partial charge >= 0.3 is 0 Å². The van der Waals surface area contributed by atoms with Crippen molar-refractivity contribution in [3.05, 3.63) is 10.6 Å². The van der Waals surface area contributed by atoms with Gasteiger partial charge in [0.25, 0.3) is 0 Å². The number of hydrogen-bond acceptors (Lipinski definition) is 5. The molecule has 1 aromatic rings. The van der Waals surface area contributed by atoms with E-state index >= 15 is 0 Å². The molecule has 0 spiro atoms. The first-order valence-corrected chi connectivity index (χ1v) is 8.80. The van der Waals surface area contributed by atoms with E-state index in [0.717, 1.165) is 44.4 Å². The van der Waals surface area contributed by atoms with Crippen LogP contribution in [0.15, 0.2) is 0 Å². The lowest BCUT2D eigenvalue weighted by Gasteiger charge is -2.42. The van der Waals surface area contributed by atoms with Gasteiger partial charge in [0.15, 0.2) is 5.13 Å². The number of morpholine rings is 1. The van der Waals surface area contributed by atoms with Crippen molar-refractivity contribution in [3.63, 3.8) is 0 Å². The summed E-state index contributed by atoms with van der Waals surface area (Å²) in [6.45, 7) is 15.6. The SMILES string of the molecule is CCc1nc(N2CCOCC2(C)C)sc1CNCC(C)C. The summed E-state index contributed by atoms with van der Waals surface area (Å²) < 4.78 is 5.61. The van der Waals surface area contributed by atoms with E-state index in [4.69, 9.17) is 9.72 Å². The number of rotatable bonds is 6. The summed E-state index contributed by atoms with van der Waals surface area (Å²) in [5.41, 5.74) is 1.28. The Morgan fingerprint density at radius 3 is 2.81 bits per heavy atom. The predicted molar refractivity (Wildman–Crippen MR) is 90.3 cm³/mol. The molecule has 1 aromatic heterocycles. The van der Waals surface area contributed by atoms with Crippen molar-refractivity contribution in [1.29, 1.82) is 0 Å². The quantitative estimate of drug-likeness (QED) is 0.876. The van der Waals surface area contributed by atoms with E-state index in [1.54, 1.807) is 0 Å². The molecule has 0 radical (unpaired) electrons. The summed E-state index contributed by atoms with van der Waals surface area (Å²) in [4.78, 5) is 8.69. The van der Waals surface area contributed by atoms with Crippen LogP contribution in [0.5, 0.6) is 0 Å². The minimum atomic E-state index is 0.0315. The lowest BCUT2D eigenvalue weighted by molar-refractivity contribution is 0.0643. The van der Waals surface area contributed by atoms with Gasteiger partial charge in [-0.15, -0.1) is 11.3 Å². The van der Waals surface area contributed by atoms with Crippen LogP contribution >= 0.6 is 11.3 Å². The van der Waals surface area contributed by atoms with Crippen LogP contribution in [-0.2, 0) is 17.7 Å². The molecular weight excluding hydrogens is 282 g/mol. The smallest absolute Gasteiger partial charge is 0.186 e. The Balaban J connectivity index is 2.12. The molecule has 5 heteroatoms. The number of aromatic nitrogens is 1. The second kappa shape index (κ2) is 7.07. The van der Waals surface area contributed by atoms with E-state index in [-0.39, 0.29) is 5.54 Å². The number of anilines is 1. The minimum absolute atomic E-state index is 0.0315. The predicted octanol–water partition coefficient (Wildman–Crippen LogP) is 3.07. The fraction of sp³-hybridized carbons (Fsp3) is 0.812. The minimum Gasteiger partial charge on any atom is -0.377 e. The normalized spacial score (nSPS) is 18.5. The molecule has 0 bridgehead atoms. The van der Waals surface area contributed by atoms with Crippen LogP contribution in [0.1, 0.15) is 45.2 Å². The maximum atomic E-state index is 5.61. The van der Waals surface area contributed by atoms with Crippen molar-refractivity contribution in [1.82, 2.24) is 10.3 Å². The highest BCUT2D eigenvalue weighted by atomic mass is 32.1. The summed E-state index contributed by atoms with van der Waals surface area (Å²) in [5, 5.41) is 4.69. The summed E-state index contributed by atoms with van der Waals surface area (Å²) in [5.74, 6) is 0.681. The Morgan fingerprint density at radius 1 is 1.43 bits per heavy atom. The maximum Gasteiger partial charge on any atom is 0.186 e. The Morgan fingerprint density at radius 2 is 2.19 bits per heavy atom. The van der Waals surface area contributed by atoms with Crippen molar-refractivity contribution < 1.29 is 4.74 Å². The summed E-state index contributed by atoms with van der Waals surface area (Å²) in [7, 11) is 0. The van der Waals surface area contributed by atoms with Crippen molar-refractivity contribution in [2.75, 3.05) is 31.2 Å². The molecule has 1 aliphatic rings.